The maximum absolute atomic E-state index is 12.4. The topological polar surface area (TPSA) is 94.9 Å². The first-order chi connectivity index (χ1) is 13.1. The molecule has 1 heterocycles. The van der Waals surface area contributed by atoms with Crippen LogP contribution in [-0.2, 0) is 0 Å². The highest BCUT2D eigenvalue weighted by atomic mass is 35.5. The van der Waals surface area contributed by atoms with Gasteiger partial charge in [-0.2, -0.15) is 5.26 Å². The van der Waals surface area contributed by atoms with E-state index in [9.17, 15) is 9.59 Å². The SMILES string of the molecule is N#Cc1ccc(NC(=O)c2cncc(C(=O)Nc3ccccc3Cl)c2)cc1. The van der Waals surface area contributed by atoms with Crippen LogP contribution in [0, 0.1) is 11.3 Å². The maximum atomic E-state index is 12.4. The van der Waals surface area contributed by atoms with Crippen molar-refractivity contribution < 1.29 is 9.59 Å². The molecule has 3 rings (SSSR count). The van der Waals surface area contributed by atoms with Crippen LogP contribution in [0.2, 0.25) is 5.02 Å². The highest BCUT2D eigenvalue weighted by Gasteiger charge is 2.13. The summed E-state index contributed by atoms with van der Waals surface area (Å²) in [7, 11) is 0. The Morgan fingerprint density at radius 2 is 1.56 bits per heavy atom. The van der Waals surface area contributed by atoms with Crippen molar-refractivity contribution in [3.63, 3.8) is 0 Å². The van der Waals surface area contributed by atoms with Gasteiger partial charge in [0.2, 0.25) is 0 Å². The number of nitrogens with zero attached hydrogens (tertiary/aromatic N) is 2. The Bertz CT molecular complexity index is 1040. The average molecular weight is 377 g/mol. The molecule has 0 aliphatic rings. The van der Waals surface area contributed by atoms with E-state index < -0.39 is 11.8 Å². The lowest BCUT2D eigenvalue weighted by molar-refractivity contribution is 0.102. The Labute approximate surface area is 160 Å². The lowest BCUT2D eigenvalue weighted by atomic mass is 10.1. The Balaban J connectivity index is 1.74. The van der Waals surface area contributed by atoms with E-state index >= 15 is 0 Å². The molecular formula is C20H13ClN4O2. The minimum atomic E-state index is -0.427. The smallest absolute Gasteiger partial charge is 0.257 e. The summed E-state index contributed by atoms with van der Waals surface area (Å²) in [6, 6.07) is 16.7. The number of benzene rings is 2. The molecule has 0 spiro atoms. The monoisotopic (exact) mass is 376 g/mol. The molecule has 0 fully saturated rings. The first-order valence-electron chi connectivity index (χ1n) is 7.89. The number of halogens is 1. The highest BCUT2D eigenvalue weighted by molar-refractivity contribution is 6.33. The number of amides is 2. The first-order valence-corrected chi connectivity index (χ1v) is 8.27. The van der Waals surface area contributed by atoms with E-state index in [1.807, 2.05) is 6.07 Å². The van der Waals surface area contributed by atoms with Crippen LogP contribution in [0.25, 0.3) is 0 Å². The molecule has 0 unspecified atom stereocenters. The minimum absolute atomic E-state index is 0.224. The standard InChI is InChI=1S/C20H13ClN4O2/c21-17-3-1-2-4-18(17)25-20(27)15-9-14(11-23-12-15)19(26)24-16-7-5-13(10-22)6-8-16/h1-9,11-12H,(H,24,26)(H,25,27). The second kappa shape index (κ2) is 8.13. The largest absolute Gasteiger partial charge is 0.322 e. The van der Waals surface area contributed by atoms with E-state index in [1.165, 1.54) is 18.5 Å². The zero-order valence-corrected chi connectivity index (χ0v) is 14.7. The first kappa shape index (κ1) is 18.1. The number of rotatable bonds is 4. The molecule has 2 N–H and O–H groups in total. The van der Waals surface area contributed by atoms with Gasteiger partial charge in [-0.1, -0.05) is 23.7 Å². The van der Waals surface area contributed by atoms with Crippen molar-refractivity contribution in [2.45, 2.75) is 0 Å². The predicted molar refractivity (Wildman–Crippen MR) is 103 cm³/mol. The van der Waals surface area contributed by atoms with Crippen LogP contribution in [0.3, 0.4) is 0 Å². The van der Waals surface area contributed by atoms with E-state index in [0.29, 0.717) is 22.0 Å². The molecule has 3 aromatic rings. The number of carbonyl (C=O) groups excluding carboxylic acids is 2. The molecule has 132 valence electrons. The Morgan fingerprint density at radius 3 is 2.19 bits per heavy atom. The number of nitrogens with one attached hydrogen (secondary N) is 2. The number of carbonyl (C=O) groups is 2. The Hall–Kier alpha value is -3.69. The second-order valence-corrected chi connectivity index (χ2v) is 5.95. The van der Waals surface area contributed by atoms with Crippen LogP contribution >= 0.6 is 11.6 Å². The molecule has 6 nitrogen and oxygen atoms in total. The summed E-state index contributed by atoms with van der Waals surface area (Å²) in [5, 5.41) is 14.6. The van der Waals surface area contributed by atoms with Crippen molar-refractivity contribution in [2.24, 2.45) is 0 Å². The van der Waals surface area contributed by atoms with E-state index in [2.05, 4.69) is 15.6 Å². The maximum Gasteiger partial charge on any atom is 0.257 e. The molecule has 0 aliphatic carbocycles. The fourth-order valence-electron chi connectivity index (χ4n) is 2.28. The fourth-order valence-corrected chi connectivity index (χ4v) is 2.46. The van der Waals surface area contributed by atoms with Crippen LogP contribution in [0.5, 0.6) is 0 Å². The van der Waals surface area contributed by atoms with Gasteiger partial charge in [0.25, 0.3) is 11.8 Å². The van der Waals surface area contributed by atoms with E-state index in [-0.39, 0.29) is 11.1 Å². The summed E-state index contributed by atoms with van der Waals surface area (Å²) in [5.74, 6) is -0.844. The Kier molecular flexibility index (Phi) is 5.45. The fraction of sp³-hybridized carbons (Fsp3) is 0. The molecule has 0 aliphatic heterocycles. The van der Waals surface area contributed by atoms with Gasteiger partial charge in [0.05, 0.1) is 33.5 Å². The summed E-state index contributed by atoms with van der Waals surface area (Å²) < 4.78 is 0. The Morgan fingerprint density at radius 1 is 0.926 bits per heavy atom. The van der Waals surface area contributed by atoms with E-state index in [4.69, 9.17) is 16.9 Å². The summed E-state index contributed by atoms with van der Waals surface area (Å²) in [6.45, 7) is 0. The number of hydrogen-bond donors (Lipinski definition) is 2. The van der Waals surface area contributed by atoms with Crippen molar-refractivity contribution in [3.05, 3.63) is 88.7 Å². The van der Waals surface area contributed by atoms with Gasteiger partial charge < -0.3 is 10.6 Å². The van der Waals surface area contributed by atoms with Gasteiger partial charge in [-0.3, -0.25) is 14.6 Å². The van der Waals surface area contributed by atoms with Gasteiger partial charge in [-0.15, -0.1) is 0 Å². The van der Waals surface area contributed by atoms with Crippen molar-refractivity contribution in [1.82, 2.24) is 4.98 Å². The van der Waals surface area contributed by atoms with Crippen molar-refractivity contribution >= 4 is 34.8 Å². The summed E-state index contributed by atoms with van der Waals surface area (Å²) >= 11 is 6.03. The molecule has 0 saturated heterocycles. The third-order valence-corrected chi connectivity index (χ3v) is 3.99. The third kappa shape index (κ3) is 4.48. The van der Waals surface area contributed by atoms with E-state index in [0.717, 1.165) is 0 Å². The quantitative estimate of drug-likeness (QED) is 0.716. The minimum Gasteiger partial charge on any atom is -0.322 e. The number of aromatic nitrogens is 1. The van der Waals surface area contributed by atoms with Crippen LogP contribution in [0.15, 0.2) is 67.0 Å². The van der Waals surface area contributed by atoms with Gasteiger partial charge in [0.15, 0.2) is 0 Å². The molecular weight excluding hydrogens is 364 g/mol. The number of anilines is 2. The average Bonchev–Trinajstić information content (AvgIpc) is 2.70. The lowest BCUT2D eigenvalue weighted by Gasteiger charge is -2.08. The van der Waals surface area contributed by atoms with Crippen LogP contribution in [0.4, 0.5) is 11.4 Å². The van der Waals surface area contributed by atoms with Gasteiger partial charge in [-0.25, -0.2) is 0 Å². The molecule has 2 amide bonds. The molecule has 0 bridgehead atoms. The van der Waals surface area contributed by atoms with Crippen LogP contribution in [-0.4, -0.2) is 16.8 Å². The highest BCUT2D eigenvalue weighted by Crippen LogP contribution is 2.21. The van der Waals surface area contributed by atoms with Crippen molar-refractivity contribution in [1.29, 1.82) is 5.26 Å². The molecule has 0 atom stereocenters. The normalized spacial score (nSPS) is 9.93. The van der Waals surface area contributed by atoms with Gasteiger partial charge in [-0.05, 0) is 42.5 Å². The summed E-state index contributed by atoms with van der Waals surface area (Å²) in [6.07, 6.45) is 2.73. The van der Waals surface area contributed by atoms with Crippen LogP contribution < -0.4 is 10.6 Å². The number of hydrogen-bond acceptors (Lipinski definition) is 4. The van der Waals surface area contributed by atoms with Gasteiger partial charge in [0.1, 0.15) is 0 Å². The van der Waals surface area contributed by atoms with Crippen LogP contribution in [0.1, 0.15) is 26.3 Å². The third-order valence-electron chi connectivity index (χ3n) is 3.66. The van der Waals surface area contributed by atoms with Crippen molar-refractivity contribution in [3.8, 4) is 6.07 Å². The molecule has 2 aromatic carbocycles. The van der Waals surface area contributed by atoms with E-state index in [1.54, 1.807) is 48.5 Å². The summed E-state index contributed by atoms with van der Waals surface area (Å²) in [5.41, 5.74) is 1.95. The summed E-state index contributed by atoms with van der Waals surface area (Å²) in [4.78, 5) is 28.7. The molecule has 7 heteroatoms. The zero-order chi connectivity index (χ0) is 19.2. The number of nitriles is 1. The molecule has 0 saturated carbocycles. The van der Waals surface area contributed by atoms with Gasteiger partial charge >= 0.3 is 0 Å². The predicted octanol–water partition coefficient (Wildman–Crippen LogP) is 4.11. The molecule has 27 heavy (non-hydrogen) atoms. The molecule has 1 aromatic heterocycles. The number of para-hydroxylation sites is 1. The lowest BCUT2D eigenvalue weighted by Crippen LogP contribution is -2.16. The van der Waals surface area contributed by atoms with Gasteiger partial charge in [0, 0.05) is 18.1 Å². The molecule has 0 radical (unpaired) electrons. The zero-order valence-electron chi connectivity index (χ0n) is 13.9. The second-order valence-electron chi connectivity index (χ2n) is 5.54. The number of pyridine rings is 1. The van der Waals surface area contributed by atoms with Crippen molar-refractivity contribution in [2.75, 3.05) is 10.6 Å².